The van der Waals surface area contributed by atoms with Gasteiger partial charge in [0.05, 0.1) is 16.8 Å². The molecule has 1 amide bonds. The summed E-state index contributed by atoms with van der Waals surface area (Å²) in [5.41, 5.74) is 10.8. The molecular formula is C21H23N3O. The maximum Gasteiger partial charge on any atom is 0.251 e. The van der Waals surface area contributed by atoms with Crippen LogP contribution in [0.4, 0.5) is 0 Å². The van der Waals surface area contributed by atoms with Crippen LogP contribution in [0.5, 0.6) is 0 Å². The second-order valence-corrected chi connectivity index (χ2v) is 6.18. The molecule has 0 aliphatic heterocycles. The lowest BCUT2D eigenvalue weighted by molar-refractivity contribution is 0.1000. The zero-order chi connectivity index (χ0) is 18.0. The number of pyridine rings is 1. The van der Waals surface area contributed by atoms with Crippen molar-refractivity contribution in [2.45, 2.75) is 33.2 Å². The predicted octanol–water partition coefficient (Wildman–Crippen LogP) is 4.25. The molecule has 0 saturated heterocycles. The zero-order valence-electron chi connectivity index (χ0n) is 14.7. The first kappa shape index (κ1) is 17.0. The molecule has 0 fully saturated rings. The van der Waals surface area contributed by atoms with E-state index in [0.29, 0.717) is 12.1 Å². The smallest absolute Gasteiger partial charge is 0.251 e. The molecule has 3 rings (SSSR count). The highest BCUT2D eigenvalue weighted by Crippen LogP contribution is 2.33. The molecule has 1 aromatic carbocycles. The number of hydrogen-bond acceptors (Lipinski definition) is 2. The van der Waals surface area contributed by atoms with Gasteiger partial charge in [-0.15, -0.1) is 6.58 Å². The Morgan fingerprint density at radius 2 is 2.04 bits per heavy atom. The van der Waals surface area contributed by atoms with Gasteiger partial charge in [0.25, 0.3) is 5.91 Å². The van der Waals surface area contributed by atoms with Gasteiger partial charge in [0.2, 0.25) is 0 Å². The van der Waals surface area contributed by atoms with Gasteiger partial charge in [0.1, 0.15) is 0 Å². The molecule has 0 aliphatic carbocycles. The Balaban J connectivity index is 2.32. The van der Waals surface area contributed by atoms with Gasteiger partial charge < -0.3 is 10.3 Å². The number of nitrogens with zero attached hydrogens (tertiary/aromatic N) is 2. The monoisotopic (exact) mass is 333 g/mol. The summed E-state index contributed by atoms with van der Waals surface area (Å²) < 4.78 is 2.13. The fourth-order valence-corrected chi connectivity index (χ4v) is 3.45. The standard InChI is InChI=1S/C21H23N3O/c1-4-8-18-20(19(21(22)25)14(3)24(18)13-5-2)17-12-11-15-9-6-7-10-16(15)23-17/h5-7,9-12H,2,4,8,13H2,1,3H3,(H2,22,25). The van der Waals surface area contributed by atoms with Crippen molar-refractivity contribution in [3.8, 4) is 11.3 Å². The van der Waals surface area contributed by atoms with Gasteiger partial charge in [0.15, 0.2) is 0 Å². The van der Waals surface area contributed by atoms with Crippen molar-refractivity contribution in [2.75, 3.05) is 0 Å². The van der Waals surface area contributed by atoms with E-state index in [0.717, 1.165) is 46.4 Å². The molecule has 0 atom stereocenters. The van der Waals surface area contributed by atoms with Crippen molar-refractivity contribution >= 4 is 16.8 Å². The number of fused-ring (bicyclic) bond motifs is 1. The SMILES string of the molecule is C=CCn1c(C)c(C(N)=O)c(-c2ccc3ccccc3n2)c1CCC. The van der Waals surface area contributed by atoms with Crippen LogP contribution in [-0.2, 0) is 13.0 Å². The fraction of sp³-hybridized carbons (Fsp3) is 0.238. The summed E-state index contributed by atoms with van der Waals surface area (Å²) in [7, 11) is 0. The van der Waals surface area contributed by atoms with Crippen LogP contribution in [0.2, 0.25) is 0 Å². The third kappa shape index (κ3) is 2.95. The Morgan fingerprint density at radius 1 is 1.28 bits per heavy atom. The third-order valence-electron chi connectivity index (χ3n) is 4.53. The number of carbonyl (C=O) groups excluding carboxylic acids is 1. The van der Waals surface area contributed by atoms with Crippen LogP contribution in [0.15, 0.2) is 49.1 Å². The van der Waals surface area contributed by atoms with E-state index in [4.69, 9.17) is 10.7 Å². The molecule has 25 heavy (non-hydrogen) atoms. The number of nitrogens with two attached hydrogens (primary N) is 1. The summed E-state index contributed by atoms with van der Waals surface area (Å²) in [5, 5.41) is 1.08. The zero-order valence-corrected chi connectivity index (χ0v) is 14.7. The fourth-order valence-electron chi connectivity index (χ4n) is 3.45. The molecule has 2 heterocycles. The Morgan fingerprint density at radius 3 is 2.72 bits per heavy atom. The van der Waals surface area contributed by atoms with E-state index in [9.17, 15) is 4.79 Å². The molecule has 0 radical (unpaired) electrons. The largest absolute Gasteiger partial charge is 0.366 e. The van der Waals surface area contributed by atoms with E-state index >= 15 is 0 Å². The highest BCUT2D eigenvalue weighted by atomic mass is 16.1. The quantitative estimate of drug-likeness (QED) is 0.686. The molecule has 0 spiro atoms. The maximum atomic E-state index is 12.2. The summed E-state index contributed by atoms with van der Waals surface area (Å²) in [4.78, 5) is 17.0. The number of primary amides is 1. The molecule has 128 valence electrons. The summed E-state index contributed by atoms with van der Waals surface area (Å²) in [6.07, 6.45) is 3.67. The van der Waals surface area contributed by atoms with E-state index < -0.39 is 5.91 Å². The first-order valence-corrected chi connectivity index (χ1v) is 8.57. The lowest BCUT2D eigenvalue weighted by Gasteiger charge is -2.10. The summed E-state index contributed by atoms with van der Waals surface area (Å²) >= 11 is 0. The van der Waals surface area contributed by atoms with Crippen LogP contribution >= 0.6 is 0 Å². The van der Waals surface area contributed by atoms with E-state index in [1.165, 1.54) is 0 Å². The van der Waals surface area contributed by atoms with Crippen molar-refractivity contribution < 1.29 is 4.79 Å². The van der Waals surface area contributed by atoms with Crippen molar-refractivity contribution in [2.24, 2.45) is 5.73 Å². The summed E-state index contributed by atoms with van der Waals surface area (Å²) in [5.74, 6) is -0.414. The minimum atomic E-state index is -0.414. The van der Waals surface area contributed by atoms with Crippen molar-refractivity contribution in [3.05, 3.63) is 66.0 Å². The van der Waals surface area contributed by atoms with Crippen LogP contribution in [-0.4, -0.2) is 15.5 Å². The highest BCUT2D eigenvalue weighted by molar-refractivity contribution is 6.02. The van der Waals surface area contributed by atoms with Crippen molar-refractivity contribution in [1.82, 2.24) is 9.55 Å². The molecular weight excluding hydrogens is 310 g/mol. The predicted molar refractivity (Wildman–Crippen MR) is 103 cm³/mol. The molecule has 3 aromatic rings. The molecule has 0 saturated carbocycles. The van der Waals surface area contributed by atoms with Crippen molar-refractivity contribution in [3.63, 3.8) is 0 Å². The van der Waals surface area contributed by atoms with Gasteiger partial charge in [-0.2, -0.15) is 0 Å². The number of carbonyl (C=O) groups is 1. The molecule has 0 unspecified atom stereocenters. The number of amides is 1. The summed E-state index contributed by atoms with van der Waals surface area (Å²) in [6, 6.07) is 12.0. The number of rotatable bonds is 6. The lowest BCUT2D eigenvalue weighted by atomic mass is 10.0. The van der Waals surface area contributed by atoms with Crippen LogP contribution < -0.4 is 5.73 Å². The van der Waals surface area contributed by atoms with Gasteiger partial charge in [-0.3, -0.25) is 4.79 Å². The second-order valence-electron chi connectivity index (χ2n) is 6.18. The minimum Gasteiger partial charge on any atom is -0.366 e. The highest BCUT2D eigenvalue weighted by Gasteiger charge is 2.24. The van der Waals surface area contributed by atoms with Crippen LogP contribution in [0.25, 0.3) is 22.2 Å². The number of allylic oxidation sites excluding steroid dienone is 1. The Labute approximate surface area is 148 Å². The van der Waals surface area contributed by atoms with E-state index in [-0.39, 0.29) is 0 Å². The Hall–Kier alpha value is -2.88. The average Bonchev–Trinajstić information content (AvgIpc) is 2.88. The van der Waals surface area contributed by atoms with Crippen molar-refractivity contribution in [1.29, 1.82) is 0 Å². The molecule has 0 aliphatic rings. The molecule has 0 bridgehead atoms. The Kier molecular flexibility index (Phi) is 4.70. The van der Waals surface area contributed by atoms with E-state index in [2.05, 4.69) is 18.1 Å². The van der Waals surface area contributed by atoms with Crippen LogP contribution in [0, 0.1) is 6.92 Å². The molecule has 2 aromatic heterocycles. The number of para-hydroxylation sites is 1. The van der Waals surface area contributed by atoms with Crippen LogP contribution in [0.3, 0.4) is 0 Å². The third-order valence-corrected chi connectivity index (χ3v) is 4.53. The molecule has 4 heteroatoms. The summed E-state index contributed by atoms with van der Waals surface area (Å²) in [6.45, 7) is 8.56. The Bertz CT molecular complexity index is 953. The minimum absolute atomic E-state index is 0.414. The van der Waals surface area contributed by atoms with Gasteiger partial charge >= 0.3 is 0 Å². The van der Waals surface area contributed by atoms with Gasteiger partial charge in [-0.25, -0.2) is 4.98 Å². The molecule has 2 N–H and O–H groups in total. The van der Waals surface area contributed by atoms with Gasteiger partial charge in [-0.05, 0) is 25.5 Å². The first-order valence-electron chi connectivity index (χ1n) is 8.57. The van der Waals surface area contributed by atoms with E-state index in [1.54, 1.807) is 0 Å². The topological polar surface area (TPSA) is 60.9 Å². The average molecular weight is 333 g/mol. The molecule has 4 nitrogen and oxygen atoms in total. The van der Waals surface area contributed by atoms with Gasteiger partial charge in [-0.1, -0.05) is 43.7 Å². The maximum absolute atomic E-state index is 12.2. The number of hydrogen-bond donors (Lipinski definition) is 1. The second kappa shape index (κ2) is 6.93. The van der Waals surface area contributed by atoms with Crippen LogP contribution in [0.1, 0.15) is 35.1 Å². The lowest BCUT2D eigenvalue weighted by Crippen LogP contribution is -2.13. The van der Waals surface area contributed by atoms with E-state index in [1.807, 2.05) is 49.4 Å². The first-order chi connectivity index (χ1) is 12.1. The van der Waals surface area contributed by atoms with Gasteiger partial charge in [0, 0.05) is 28.9 Å². The number of aromatic nitrogens is 2. The number of benzene rings is 1. The normalized spacial score (nSPS) is 11.0.